The van der Waals surface area contributed by atoms with Crippen molar-refractivity contribution in [3.8, 4) is 16.9 Å². The van der Waals surface area contributed by atoms with Gasteiger partial charge in [0.25, 0.3) is 5.91 Å². The van der Waals surface area contributed by atoms with Crippen LogP contribution in [0.4, 0.5) is 5.69 Å². The molecule has 34 heavy (non-hydrogen) atoms. The molecular formula is C25H22N4O3S2. The van der Waals surface area contributed by atoms with Crippen molar-refractivity contribution in [2.45, 2.75) is 18.1 Å². The predicted octanol–water partition coefficient (Wildman–Crippen LogP) is 4.30. The maximum atomic E-state index is 13.3. The summed E-state index contributed by atoms with van der Waals surface area (Å²) in [6.45, 7) is 2.21. The first-order valence-electron chi connectivity index (χ1n) is 10.7. The molecule has 0 bridgehead atoms. The number of fused-ring (bicyclic) bond motifs is 2. The molecule has 0 saturated heterocycles. The summed E-state index contributed by atoms with van der Waals surface area (Å²) in [5, 5.41) is 6.41. The Labute approximate surface area is 205 Å². The number of para-hydroxylation sites is 2. The maximum absolute atomic E-state index is 13.3. The summed E-state index contributed by atoms with van der Waals surface area (Å²) in [6, 6.07) is 15.6. The molecule has 1 aliphatic heterocycles. The van der Waals surface area contributed by atoms with Crippen molar-refractivity contribution < 1.29 is 14.3 Å². The first-order valence-corrected chi connectivity index (χ1v) is 12.6. The number of nitrogens with zero attached hydrogens (tertiary/aromatic N) is 3. The number of carbonyl (C=O) groups excluding carboxylic acids is 2. The Morgan fingerprint density at radius 1 is 1.18 bits per heavy atom. The molecule has 0 radical (unpaired) electrons. The van der Waals surface area contributed by atoms with Crippen LogP contribution in [0.3, 0.4) is 0 Å². The van der Waals surface area contributed by atoms with E-state index in [0.717, 1.165) is 26.4 Å². The van der Waals surface area contributed by atoms with E-state index < -0.39 is 6.10 Å². The van der Waals surface area contributed by atoms with E-state index in [0.29, 0.717) is 11.4 Å². The molecule has 1 N–H and O–H groups in total. The van der Waals surface area contributed by atoms with E-state index in [2.05, 4.69) is 51.9 Å². The van der Waals surface area contributed by atoms with Gasteiger partial charge in [-0.3, -0.25) is 9.59 Å². The highest BCUT2D eigenvalue weighted by Crippen LogP contribution is 2.39. The largest absolute Gasteiger partial charge is 0.477 e. The first kappa shape index (κ1) is 22.4. The van der Waals surface area contributed by atoms with Gasteiger partial charge in [-0.1, -0.05) is 53.7 Å². The number of benzene rings is 2. The molecule has 0 unspecified atom stereocenters. The molecule has 9 heteroatoms. The van der Waals surface area contributed by atoms with Crippen molar-refractivity contribution in [3.63, 3.8) is 0 Å². The van der Waals surface area contributed by atoms with Crippen LogP contribution in [0.25, 0.3) is 21.3 Å². The zero-order chi connectivity index (χ0) is 23.7. The second-order valence-corrected chi connectivity index (χ2v) is 9.68. The molecule has 7 nitrogen and oxygen atoms in total. The fourth-order valence-corrected chi connectivity index (χ4v) is 5.75. The lowest BCUT2D eigenvalue weighted by Crippen LogP contribution is -2.50. The lowest BCUT2D eigenvalue weighted by Gasteiger charge is -2.34. The molecule has 3 heterocycles. The summed E-state index contributed by atoms with van der Waals surface area (Å²) in [5.74, 6) is 0.306. The van der Waals surface area contributed by atoms with Crippen LogP contribution in [0.5, 0.6) is 5.75 Å². The van der Waals surface area contributed by atoms with E-state index in [4.69, 9.17) is 4.74 Å². The summed E-state index contributed by atoms with van der Waals surface area (Å²) < 4.78 is 5.82. The van der Waals surface area contributed by atoms with Crippen LogP contribution >= 0.6 is 23.1 Å². The number of ether oxygens (including phenoxy) is 1. The van der Waals surface area contributed by atoms with Gasteiger partial charge in [-0.2, -0.15) is 0 Å². The molecule has 2 aromatic heterocycles. The lowest BCUT2D eigenvalue weighted by molar-refractivity contribution is -0.127. The number of anilines is 1. The van der Waals surface area contributed by atoms with Crippen LogP contribution in [0.2, 0.25) is 0 Å². The fourth-order valence-electron chi connectivity index (χ4n) is 3.88. The molecule has 2 aromatic carbocycles. The van der Waals surface area contributed by atoms with Crippen molar-refractivity contribution in [2.24, 2.45) is 0 Å². The molecule has 4 aromatic rings. The van der Waals surface area contributed by atoms with E-state index >= 15 is 0 Å². The predicted molar refractivity (Wildman–Crippen MR) is 136 cm³/mol. The molecule has 2 amide bonds. The molecule has 0 aliphatic carbocycles. The molecule has 0 fully saturated rings. The minimum Gasteiger partial charge on any atom is -0.477 e. The van der Waals surface area contributed by atoms with E-state index in [-0.39, 0.29) is 24.1 Å². The highest BCUT2D eigenvalue weighted by molar-refractivity contribution is 8.00. The van der Waals surface area contributed by atoms with Gasteiger partial charge in [0.1, 0.15) is 21.9 Å². The average Bonchev–Trinajstić information content (AvgIpc) is 3.31. The Kier molecular flexibility index (Phi) is 6.21. The summed E-state index contributed by atoms with van der Waals surface area (Å²) in [7, 11) is 1.56. The summed E-state index contributed by atoms with van der Waals surface area (Å²) in [6.07, 6.45) is 0.778. The highest BCUT2D eigenvalue weighted by Gasteiger charge is 2.33. The van der Waals surface area contributed by atoms with E-state index in [9.17, 15) is 9.59 Å². The van der Waals surface area contributed by atoms with Gasteiger partial charge in [0.05, 0.1) is 23.4 Å². The van der Waals surface area contributed by atoms with Gasteiger partial charge < -0.3 is 15.0 Å². The number of thioether (sulfide) groups is 1. The molecular weight excluding hydrogens is 468 g/mol. The maximum Gasteiger partial charge on any atom is 0.262 e. The zero-order valence-corrected chi connectivity index (χ0v) is 20.3. The van der Waals surface area contributed by atoms with Crippen molar-refractivity contribution in [3.05, 3.63) is 65.8 Å². The van der Waals surface area contributed by atoms with Gasteiger partial charge >= 0.3 is 0 Å². The molecule has 1 atom stereocenters. The molecule has 0 saturated carbocycles. The number of carbonyl (C=O) groups is 2. The van der Waals surface area contributed by atoms with Gasteiger partial charge in [-0.15, -0.1) is 11.3 Å². The number of likely N-dealkylation sites (N-methyl/N-ethyl adjacent to an activating group) is 1. The van der Waals surface area contributed by atoms with E-state index in [1.54, 1.807) is 29.4 Å². The van der Waals surface area contributed by atoms with Crippen molar-refractivity contribution in [1.29, 1.82) is 0 Å². The smallest absolute Gasteiger partial charge is 0.262 e. The van der Waals surface area contributed by atoms with Crippen LogP contribution in [-0.2, 0) is 9.59 Å². The normalized spacial score (nSPS) is 15.0. The number of rotatable bonds is 5. The minimum absolute atomic E-state index is 0.117. The third-order valence-electron chi connectivity index (χ3n) is 5.64. The second-order valence-electron chi connectivity index (χ2n) is 7.86. The summed E-state index contributed by atoms with van der Waals surface area (Å²) >= 11 is 2.95. The van der Waals surface area contributed by atoms with Crippen molar-refractivity contribution in [1.82, 2.24) is 15.3 Å². The molecule has 5 rings (SSSR count). The molecule has 172 valence electrons. The van der Waals surface area contributed by atoms with Crippen LogP contribution in [-0.4, -0.2) is 47.2 Å². The number of thiophene rings is 1. The Bertz CT molecular complexity index is 1370. The number of hydrogen-bond donors (Lipinski definition) is 1. The quantitative estimate of drug-likeness (QED) is 0.332. The molecule has 1 aliphatic rings. The Morgan fingerprint density at radius 2 is 1.97 bits per heavy atom. The number of nitrogens with one attached hydrogen (secondary N) is 1. The summed E-state index contributed by atoms with van der Waals surface area (Å²) in [5.41, 5.74) is 4.01. The third kappa shape index (κ3) is 4.24. The topological polar surface area (TPSA) is 84.4 Å². The molecule has 0 spiro atoms. The van der Waals surface area contributed by atoms with E-state index in [1.165, 1.54) is 23.7 Å². The second kappa shape index (κ2) is 9.44. The number of hydrogen-bond acceptors (Lipinski definition) is 7. The zero-order valence-electron chi connectivity index (χ0n) is 18.6. The number of aromatic nitrogens is 2. The van der Waals surface area contributed by atoms with Crippen molar-refractivity contribution in [2.75, 3.05) is 24.2 Å². The fraction of sp³-hybridized carbons (Fsp3) is 0.200. The number of amides is 2. The third-order valence-corrected chi connectivity index (χ3v) is 7.50. The number of aryl methyl sites for hydroxylation is 1. The standard InChI is InChI=1S/C25H22N4O3S2/c1-15-7-9-16(10-8-15)17-12-33-24-22(17)25(28-14-27-24)34-13-21(30)29-11-20(23(31)26-2)32-19-6-4-3-5-18(19)29/h3-10,12,14,20H,11,13H2,1-2H3,(H,26,31)/t20-/m0/s1. The van der Waals surface area contributed by atoms with Crippen LogP contribution in [0, 0.1) is 6.92 Å². The van der Waals surface area contributed by atoms with Gasteiger partial charge in [-0.25, -0.2) is 9.97 Å². The average molecular weight is 491 g/mol. The Balaban J connectivity index is 1.41. The van der Waals surface area contributed by atoms with Crippen LogP contribution in [0.1, 0.15) is 5.56 Å². The van der Waals surface area contributed by atoms with Gasteiger partial charge in [0.2, 0.25) is 5.91 Å². The SMILES string of the molecule is CNC(=O)[C@@H]1CN(C(=O)CSc2ncnc3scc(-c4ccc(C)cc4)c23)c2ccccc2O1. The Hall–Kier alpha value is -3.43. The van der Waals surface area contributed by atoms with Gasteiger partial charge in [-0.05, 0) is 24.6 Å². The lowest BCUT2D eigenvalue weighted by atomic mass is 10.1. The van der Waals surface area contributed by atoms with Crippen molar-refractivity contribution >= 4 is 50.8 Å². The van der Waals surface area contributed by atoms with E-state index in [1.807, 2.05) is 18.2 Å². The monoisotopic (exact) mass is 490 g/mol. The summed E-state index contributed by atoms with van der Waals surface area (Å²) in [4.78, 5) is 37.0. The Morgan fingerprint density at radius 3 is 2.76 bits per heavy atom. The highest BCUT2D eigenvalue weighted by atomic mass is 32.2. The van der Waals surface area contributed by atoms with Crippen LogP contribution < -0.4 is 15.0 Å². The van der Waals surface area contributed by atoms with Gasteiger partial charge in [0.15, 0.2) is 6.10 Å². The van der Waals surface area contributed by atoms with Gasteiger partial charge in [0, 0.05) is 18.0 Å². The first-order chi connectivity index (χ1) is 16.5. The minimum atomic E-state index is -0.760. The van der Waals surface area contributed by atoms with Crippen LogP contribution in [0.15, 0.2) is 65.3 Å².